The van der Waals surface area contributed by atoms with E-state index in [4.69, 9.17) is 0 Å². The topological polar surface area (TPSA) is 119 Å². The highest BCUT2D eigenvalue weighted by atomic mass is 19.4. The molecule has 2 aliphatic rings. The van der Waals surface area contributed by atoms with Crippen LogP contribution in [0.25, 0.3) is 5.65 Å². The largest absolute Gasteiger partial charge is 0.389 e. The van der Waals surface area contributed by atoms with Gasteiger partial charge in [-0.1, -0.05) is 0 Å². The molecule has 2 fully saturated rings. The van der Waals surface area contributed by atoms with Crippen molar-refractivity contribution in [2.24, 2.45) is 11.8 Å². The standard InChI is InChI=1S/C26H29F7N8O2/c27-18(28)12-41-23(34-13-36-41)24(43)39-22(15-3-6-25(29,30)7-4-15)17-11-40-19(37-17)9-16(10-35-40)21(14-1-2-14)38-20(42)5-8-26(31,32)33/h9-11,13-15,18,21-22H,1-8,12H2,(H,38,42)(H,39,43)/t21?,22-/m0/s1. The molecule has 10 nitrogen and oxygen atoms in total. The van der Waals surface area contributed by atoms with Gasteiger partial charge in [0.2, 0.25) is 17.7 Å². The lowest BCUT2D eigenvalue weighted by Gasteiger charge is -2.33. The van der Waals surface area contributed by atoms with Gasteiger partial charge in [-0.05, 0) is 49.1 Å². The van der Waals surface area contributed by atoms with Crippen LogP contribution >= 0.6 is 0 Å². The van der Waals surface area contributed by atoms with Gasteiger partial charge in [0.25, 0.3) is 12.3 Å². The molecule has 0 saturated heterocycles. The van der Waals surface area contributed by atoms with Crippen LogP contribution in [-0.2, 0) is 11.3 Å². The van der Waals surface area contributed by atoms with Crippen LogP contribution in [0.5, 0.6) is 0 Å². The minimum absolute atomic E-state index is 0.0232. The molecule has 43 heavy (non-hydrogen) atoms. The van der Waals surface area contributed by atoms with Gasteiger partial charge in [0.1, 0.15) is 12.9 Å². The number of aromatic nitrogens is 6. The number of fused-ring (bicyclic) bond motifs is 1. The molecule has 3 heterocycles. The number of hydrogen-bond acceptors (Lipinski definition) is 6. The Morgan fingerprint density at radius 2 is 1.72 bits per heavy atom. The average Bonchev–Trinajstić information content (AvgIpc) is 3.51. The molecule has 2 amide bonds. The third-order valence-corrected chi connectivity index (χ3v) is 7.73. The van der Waals surface area contributed by atoms with E-state index in [2.05, 4.69) is 30.8 Å². The van der Waals surface area contributed by atoms with Crippen molar-refractivity contribution in [3.05, 3.63) is 41.9 Å². The molecule has 1 unspecified atom stereocenters. The summed E-state index contributed by atoms with van der Waals surface area (Å²) in [5.41, 5.74) is 1.11. The summed E-state index contributed by atoms with van der Waals surface area (Å²) >= 11 is 0. The van der Waals surface area contributed by atoms with Crippen molar-refractivity contribution in [2.45, 2.75) is 88.5 Å². The van der Waals surface area contributed by atoms with Crippen LogP contribution < -0.4 is 10.6 Å². The number of nitrogens with zero attached hydrogens (tertiary/aromatic N) is 6. The fourth-order valence-electron chi connectivity index (χ4n) is 5.37. The van der Waals surface area contributed by atoms with Gasteiger partial charge >= 0.3 is 6.18 Å². The van der Waals surface area contributed by atoms with Crippen LogP contribution in [0.3, 0.4) is 0 Å². The third-order valence-electron chi connectivity index (χ3n) is 7.73. The van der Waals surface area contributed by atoms with Crippen molar-refractivity contribution in [2.75, 3.05) is 0 Å². The Morgan fingerprint density at radius 3 is 2.37 bits per heavy atom. The van der Waals surface area contributed by atoms with Crippen LogP contribution in [0, 0.1) is 11.8 Å². The fraction of sp³-hybridized carbons (Fsp3) is 0.615. The molecule has 17 heteroatoms. The predicted molar refractivity (Wildman–Crippen MR) is 135 cm³/mol. The van der Waals surface area contributed by atoms with Crippen LogP contribution in [0.2, 0.25) is 0 Å². The lowest BCUT2D eigenvalue weighted by molar-refractivity contribution is -0.144. The predicted octanol–water partition coefficient (Wildman–Crippen LogP) is 4.79. The zero-order valence-corrected chi connectivity index (χ0v) is 22.7. The minimum atomic E-state index is -4.46. The maximum Gasteiger partial charge on any atom is 0.389 e. The smallest absolute Gasteiger partial charge is 0.349 e. The average molecular weight is 619 g/mol. The first-order chi connectivity index (χ1) is 20.3. The van der Waals surface area contributed by atoms with Crippen molar-refractivity contribution in [1.82, 2.24) is 40.0 Å². The van der Waals surface area contributed by atoms with Crippen LogP contribution in [-0.4, -0.2) is 59.7 Å². The summed E-state index contributed by atoms with van der Waals surface area (Å²) < 4.78 is 93.8. The summed E-state index contributed by atoms with van der Waals surface area (Å²) in [5, 5.41) is 13.4. The summed E-state index contributed by atoms with van der Waals surface area (Å²) in [6.45, 7) is -0.862. The number of amides is 2. The Morgan fingerprint density at radius 1 is 1.02 bits per heavy atom. The molecule has 5 rings (SSSR count). The summed E-state index contributed by atoms with van der Waals surface area (Å²) in [4.78, 5) is 33.8. The Balaban J connectivity index is 1.40. The van der Waals surface area contributed by atoms with Gasteiger partial charge in [-0.25, -0.2) is 36.7 Å². The van der Waals surface area contributed by atoms with Crippen LogP contribution in [0.15, 0.2) is 24.8 Å². The summed E-state index contributed by atoms with van der Waals surface area (Å²) in [6, 6.07) is 0.152. The molecule has 2 atom stereocenters. The van der Waals surface area contributed by atoms with E-state index < -0.39 is 80.6 Å². The molecule has 2 N–H and O–H groups in total. The molecule has 3 aromatic rings. The van der Waals surface area contributed by atoms with Gasteiger partial charge in [0, 0.05) is 19.3 Å². The molecule has 0 aliphatic heterocycles. The molecular weight excluding hydrogens is 589 g/mol. The van der Waals surface area contributed by atoms with E-state index in [1.807, 2.05) is 0 Å². The Bertz CT molecular complexity index is 1440. The van der Waals surface area contributed by atoms with Crippen LogP contribution in [0.4, 0.5) is 30.7 Å². The Labute approximate surface area is 240 Å². The zero-order chi connectivity index (χ0) is 30.9. The van der Waals surface area contributed by atoms with Crippen molar-refractivity contribution in [3.8, 4) is 0 Å². The van der Waals surface area contributed by atoms with Crippen molar-refractivity contribution < 1.29 is 40.3 Å². The SMILES string of the molecule is O=C(CCC(F)(F)F)NC(c1cnn2cc([C@@H](NC(=O)c3ncnn3CC(F)F)C3CCC(F)(F)CC3)nc2c1)C1CC1. The normalized spacial score (nSPS) is 19.0. The van der Waals surface area contributed by atoms with Gasteiger partial charge < -0.3 is 10.6 Å². The molecule has 2 aliphatic carbocycles. The minimum Gasteiger partial charge on any atom is -0.349 e. The molecule has 0 bridgehead atoms. The first-order valence-corrected chi connectivity index (χ1v) is 13.8. The van der Waals surface area contributed by atoms with E-state index >= 15 is 0 Å². The van der Waals surface area contributed by atoms with E-state index in [0.717, 1.165) is 23.9 Å². The highest BCUT2D eigenvalue weighted by Gasteiger charge is 2.40. The van der Waals surface area contributed by atoms with E-state index in [1.54, 1.807) is 6.07 Å². The monoisotopic (exact) mass is 618 g/mol. The maximum atomic E-state index is 14.0. The second-order valence-corrected chi connectivity index (χ2v) is 11.1. The van der Waals surface area contributed by atoms with Crippen molar-refractivity contribution in [3.63, 3.8) is 0 Å². The molecule has 2 saturated carbocycles. The fourth-order valence-corrected chi connectivity index (χ4v) is 5.37. The van der Waals surface area contributed by atoms with Gasteiger partial charge in [0.05, 0.1) is 36.6 Å². The van der Waals surface area contributed by atoms with Crippen molar-refractivity contribution >= 4 is 17.5 Å². The van der Waals surface area contributed by atoms with Gasteiger partial charge in [-0.15, -0.1) is 0 Å². The Hall–Kier alpha value is -3.79. The van der Waals surface area contributed by atoms with E-state index in [9.17, 15) is 40.3 Å². The second kappa shape index (κ2) is 12.1. The number of nitrogens with one attached hydrogen (secondary N) is 2. The lowest BCUT2D eigenvalue weighted by atomic mass is 9.81. The number of halogens is 7. The lowest BCUT2D eigenvalue weighted by Crippen LogP contribution is -2.38. The van der Waals surface area contributed by atoms with Crippen LogP contribution in [0.1, 0.15) is 85.3 Å². The summed E-state index contributed by atoms with van der Waals surface area (Å²) in [6.07, 6.45) is -4.42. The molecule has 234 valence electrons. The third kappa shape index (κ3) is 7.79. The quantitative estimate of drug-likeness (QED) is 0.299. The molecule has 0 spiro atoms. The highest BCUT2D eigenvalue weighted by Crippen LogP contribution is 2.43. The second-order valence-electron chi connectivity index (χ2n) is 11.1. The van der Waals surface area contributed by atoms with E-state index in [-0.39, 0.29) is 30.3 Å². The summed E-state index contributed by atoms with van der Waals surface area (Å²) in [7, 11) is 0. The first-order valence-electron chi connectivity index (χ1n) is 13.8. The maximum absolute atomic E-state index is 14.0. The van der Waals surface area contributed by atoms with E-state index in [0.29, 0.717) is 11.2 Å². The zero-order valence-electron chi connectivity index (χ0n) is 22.7. The molecule has 3 aromatic heterocycles. The number of carbonyl (C=O) groups excluding carboxylic acids is 2. The number of imidazole rings is 1. The number of alkyl halides is 7. The van der Waals surface area contributed by atoms with Gasteiger partial charge in [0.15, 0.2) is 5.65 Å². The number of carbonyl (C=O) groups is 2. The molecular formula is C26H29F7N8O2. The van der Waals surface area contributed by atoms with Gasteiger partial charge in [-0.2, -0.15) is 23.4 Å². The first kappa shape index (κ1) is 30.7. The van der Waals surface area contributed by atoms with Gasteiger partial charge in [-0.3, -0.25) is 9.59 Å². The van der Waals surface area contributed by atoms with Crippen molar-refractivity contribution in [1.29, 1.82) is 0 Å². The Kier molecular flexibility index (Phi) is 8.61. The molecule has 0 radical (unpaired) electrons. The molecule has 0 aromatic carbocycles. The number of hydrogen-bond donors (Lipinski definition) is 2. The number of rotatable bonds is 11. The van der Waals surface area contributed by atoms with E-state index in [1.165, 1.54) is 16.9 Å². The highest BCUT2D eigenvalue weighted by molar-refractivity contribution is 5.90. The summed E-state index contributed by atoms with van der Waals surface area (Å²) in [5.74, 6) is -5.23.